The molecule has 0 spiro atoms. The van der Waals surface area contributed by atoms with Crippen molar-refractivity contribution in [3.05, 3.63) is 46.8 Å². The van der Waals surface area contributed by atoms with Gasteiger partial charge in [0.2, 0.25) is 0 Å². The lowest BCUT2D eigenvalue weighted by atomic mass is 10.2. The van der Waals surface area contributed by atoms with Gasteiger partial charge in [0.1, 0.15) is 15.5 Å². The van der Waals surface area contributed by atoms with Crippen molar-refractivity contribution in [2.24, 2.45) is 0 Å². The van der Waals surface area contributed by atoms with Gasteiger partial charge in [-0.1, -0.05) is 43.8 Å². The molecule has 0 amide bonds. The zero-order chi connectivity index (χ0) is 12.3. The molecule has 0 bridgehead atoms. The first-order chi connectivity index (χ1) is 8.15. The first-order valence-corrected chi connectivity index (χ1v) is 7.03. The molecule has 88 valence electrons. The van der Waals surface area contributed by atoms with E-state index >= 15 is 0 Å². The molecule has 0 aliphatic carbocycles. The van der Waals surface area contributed by atoms with Crippen LogP contribution in [-0.4, -0.2) is 9.97 Å². The molecular formula is C13H13BrN2S. The molecule has 0 saturated heterocycles. The van der Waals surface area contributed by atoms with Crippen molar-refractivity contribution in [1.82, 2.24) is 9.97 Å². The molecule has 1 heterocycles. The number of halogens is 1. The minimum Gasteiger partial charge on any atom is -0.226 e. The third kappa shape index (κ3) is 3.54. The third-order valence-electron chi connectivity index (χ3n) is 2.17. The molecule has 0 unspecified atom stereocenters. The number of hydrogen-bond donors (Lipinski definition) is 0. The second kappa shape index (κ2) is 5.65. The summed E-state index contributed by atoms with van der Waals surface area (Å²) in [6, 6.07) is 12.2. The summed E-state index contributed by atoms with van der Waals surface area (Å²) in [6.45, 7) is 4.19. The number of benzene rings is 1. The highest BCUT2D eigenvalue weighted by molar-refractivity contribution is 9.10. The lowest BCUT2D eigenvalue weighted by molar-refractivity contribution is 0.748. The smallest absolute Gasteiger partial charge is 0.133 e. The van der Waals surface area contributed by atoms with Gasteiger partial charge in [-0.25, -0.2) is 9.97 Å². The minimum absolute atomic E-state index is 0.336. The SMILES string of the molecule is CC(C)c1nc(Br)cc(Sc2ccccc2)n1. The Hall–Kier alpha value is -0.870. The van der Waals surface area contributed by atoms with Crippen LogP contribution < -0.4 is 0 Å². The van der Waals surface area contributed by atoms with Crippen LogP contribution in [0.3, 0.4) is 0 Å². The van der Waals surface area contributed by atoms with Gasteiger partial charge < -0.3 is 0 Å². The van der Waals surface area contributed by atoms with Crippen molar-refractivity contribution < 1.29 is 0 Å². The van der Waals surface area contributed by atoms with Gasteiger partial charge in [0, 0.05) is 16.9 Å². The number of hydrogen-bond acceptors (Lipinski definition) is 3. The van der Waals surface area contributed by atoms with E-state index in [1.165, 1.54) is 4.90 Å². The number of rotatable bonds is 3. The molecular weight excluding hydrogens is 296 g/mol. The summed E-state index contributed by atoms with van der Waals surface area (Å²) in [5.74, 6) is 1.21. The van der Waals surface area contributed by atoms with Crippen molar-refractivity contribution in [3.63, 3.8) is 0 Å². The normalized spacial score (nSPS) is 10.8. The summed E-state index contributed by atoms with van der Waals surface area (Å²) in [5.41, 5.74) is 0. The maximum absolute atomic E-state index is 4.55. The molecule has 0 N–H and O–H groups in total. The van der Waals surface area contributed by atoms with Gasteiger partial charge >= 0.3 is 0 Å². The molecule has 0 fully saturated rings. The largest absolute Gasteiger partial charge is 0.226 e. The van der Waals surface area contributed by atoms with Crippen molar-refractivity contribution in [1.29, 1.82) is 0 Å². The highest BCUT2D eigenvalue weighted by Crippen LogP contribution is 2.28. The van der Waals surface area contributed by atoms with Crippen molar-refractivity contribution in [2.45, 2.75) is 29.7 Å². The van der Waals surface area contributed by atoms with E-state index in [-0.39, 0.29) is 0 Å². The van der Waals surface area contributed by atoms with Crippen LogP contribution in [0.25, 0.3) is 0 Å². The maximum atomic E-state index is 4.55. The predicted molar refractivity (Wildman–Crippen MR) is 74.4 cm³/mol. The summed E-state index contributed by atoms with van der Waals surface area (Å²) in [5, 5.41) is 0.974. The van der Waals surface area contributed by atoms with Gasteiger partial charge in [-0.15, -0.1) is 0 Å². The minimum atomic E-state index is 0.336. The van der Waals surface area contributed by atoms with E-state index in [9.17, 15) is 0 Å². The Balaban J connectivity index is 2.27. The Labute approximate surface area is 114 Å². The molecule has 0 aliphatic heterocycles. The van der Waals surface area contributed by atoms with E-state index in [0.29, 0.717) is 5.92 Å². The van der Waals surface area contributed by atoms with Crippen LogP contribution >= 0.6 is 27.7 Å². The molecule has 0 saturated carbocycles. The van der Waals surface area contributed by atoms with E-state index in [4.69, 9.17) is 0 Å². The van der Waals surface area contributed by atoms with Crippen LogP contribution in [0.15, 0.2) is 50.9 Å². The Morgan fingerprint density at radius 1 is 1.12 bits per heavy atom. The fourth-order valence-corrected chi connectivity index (χ4v) is 2.73. The van der Waals surface area contributed by atoms with Gasteiger partial charge in [-0.2, -0.15) is 0 Å². The molecule has 2 rings (SSSR count). The maximum Gasteiger partial charge on any atom is 0.133 e. The first-order valence-electron chi connectivity index (χ1n) is 5.42. The van der Waals surface area contributed by atoms with Crippen LogP contribution in [0, 0.1) is 0 Å². The fourth-order valence-electron chi connectivity index (χ4n) is 1.33. The lowest BCUT2D eigenvalue weighted by Crippen LogP contribution is -1.98. The van der Waals surface area contributed by atoms with Gasteiger partial charge in [0.25, 0.3) is 0 Å². The molecule has 1 aromatic heterocycles. The highest BCUT2D eigenvalue weighted by Gasteiger charge is 2.07. The standard InChI is InChI=1S/C13H13BrN2S/c1-9(2)13-15-11(14)8-12(16-13)17-10-6-4-3-5-7-10/h3-9H,1-2H3. The summed E-state index contributed by atoms with van der Waals surface area (Å²) in [4.78, 5) is 10.1. The van der Waals surface area contributed by atoms with Crippen LogP contribution in [0.4, 0.5) is 0 Å². The summed E-state index contributed by atoms with van der Waals surface area (Å²) < 4.78 is 0.842. The van der Waals surface area contributed by atoms with E-state index in [0.717, 1.165) is 15.5 Å². The predicted octanol–water partition coefficient (Wildman–Crippen LogP) is 4.51. The molecule has 4 heteroatoms. The van der Waals surface area contributed by atoms with E-state index in [2.05, 4.69) is 51.9 Å². The monoisotopic (exact) mass is 308 g/mol. The Morgan fingerprint density at radius 3 is 2.47 bits per heavy atom. The van der Waals surface area contributed by atoms with Crippen LogP contribution in [0.5, 0.6) is 0 Å². The average molecular weight is 309 g/mol. The molecule has 1 aromatic carbocycles. The van der Waals surface area contributed by atoms with E-state index in [1.54, 1.807) is 11.8 Å². The summed E-state index contributed by atoms with van der Waals surface area (Å²) in [7, 11) is 0. The zero-order valence-corrected chi connectivity index (χ0v) is 12.1. The Morgan fingerprint density at radius 2 is 1.82 bits per heavy atom. The number of aromatic nitrogens is 2. The van der Waals surface area contributed by atoms with Crippen molar-refractivity contribution in [2.75, 3.05) is 0 Å². The topological polar surface area (TPSA) is 25.8 Å². The van der Waals surface area contributed by atoms with E-state index < -0.39 is 0 Å². The number of nitrogens with zero attached hydrogens (tertiary/aromatic N) is 2. The van der Waals surface area contributed by atoms with Gasteiger partial charge in [0.05, 0.1) is 0 Å². The van der Waals surface area contributed by atoms with Crippen LogP contribution in [0.2, 0.25) is 0 Å². The summed E-state index contributed by atoms with van der Waals surface area (Å²) in [6.07, 6.45) is 0. The quantitative estimate of drug-likeness (QED) is 0.780. The molecule has 2 aromatic rings. The third-order valence-corrected chi connectivity index (χ3v) is 3.50. The summed E-state index contributed by atoms with van der Waals surface area (Å²) >= 11 is 5.08. The van der Waals surface area contributed by atoms with E-state index in [1.807, 2.05) is 24.3 Å². The average Bonchev–Trinajstić information content (AvgIpc) is 2.29. The molecule has 17 heavy (non-hydrogen) atoms. The van der Waals surface area contributed by atoms with Crippen molar-refractivity contribution in [3.8, 4) is 0 Å². The second-order valence-electron chi connectivity index (χ2n) is 3.96. The molecule has 0 atom stereocenters. The van der Waals surface area contributed by atoms with Crippen molar-refractivity contribution >= 4 is 27.7 Å². The second-order valence-corrected chi connectivity index (χ2v) is 5.86. The molecule has 2 nitrogen and oxygen atoms in total. The highest BCUT2D eigenvalue weighted by atomic mass is 79.9. The van der Waals surface area contributed by atoms with Crippen LogP contribution in [0.1, 0.15) is 25.6 Å². The van der Waals surface area contributed by atoms with Gasteiger partial charge in [0.15, 0.2) is 0 Å². The Bertz CT molecular complexity index is 500. The fraction of sp³-hybridized carbons (Fsp3) is 0.231. The van der Waals surface area contributed by atoms with Gasteiger partial charge in [-0.3, -0.25) is 0 Å². The van der Waals surface area contributed by atoms with Gasteiger partial charge in [-0.05, 0) is 28.1 Å². The first kappa shape index (κ1) is 12.6. The molecule has 0 radical (unpaired) electrons. The lowest BCUT2D eigenvalue weighted by Gasteiger charge is -2.07. The molecule has 0 aliphatic rings. The van der Waals surface area contributed by atoms with Crippen LogP contribution in [-0.2, 0) is 0 Å². The Kier molecular flexibility index (Phi) is 4.18. The zero-order valence-electron chi connectivity index (χ0n) is 9.72.